The van der Waals surface area contributed by atoms with Crippen molar-refractivity contribution < 1.29 is 31.2 Å². The van der Waals surface area contributed by atoms with E-state index in [1.54, 1.807) is 12.1 Å². The number of rotatable bonds is 6. The van der Waals surface area contributed by atoms with Crippen LogP contribution in [-0.4, -0.2) is 55.5 Å². The Balaban J connectivity index is 1.54. The van der Waals surface area contributed by atoms with E-state index in [0.717, 1.165) is 39.7 Å². The lowest BCUT2D eigenvalue weighted by Crippen LogP contribution is -2.50. The Morgan fingerprint density at radius 3 is 2.03 bits per heavy atom. The molecule has 6 nitrogen and oxygen atoms in total. The first-order valence-corrected chi connectivity index (χ1v) is 11.9. The molecule has 1 saturated heterocycles. The number of amides is 1. The highest BCUT2D eigenvalue weighted by atomic mass is 32.2. The number of alkyl halides is 3. The number of hydrogen-bond acceptors (Lipinski definition) is 4. The summed E-state index contributed by atoms with van der Waals surface area (Å²) >= 11 is 0. The molecule has 1 heterocycles. The van der Waals surface area contributed by atoms with Gasteiger partial charge in [-0.1, -0.05) is 12.1 Å². The Hall–Kier alpha value is -2.72. The van der Waals surface area contributed by atoms with Gasteiger partial charge in [0.1, 0.15) is 0 Å². The van der Waals surface area contributed by atoms with E-state index in [-0.39, 0.29) is 55.6 Å². The number of ketones is 1. The Morgan fingerprint density at radius 2 is 1.48 bits per heavy atom. The van der Waals surface area contributed by atoms with Crippen molar-refractivity contribution in [2.45, 2.75) is 37.8 Å². The van der Waals surface area contributed by atoms with Gasteiger partial charge in [0.25, 0.3) is 0 Å². The maximum atomic E-state index is 12.7. The van der Waals surface area contributed by atoms with E-state index < -0.39 is 21.8 Å². The second-order valence-electron chi connectivity index (χ2n) is 8.03. The Kier molecular flexibility index (Phi) is 7.28. The molecule has 0 N–H and O–H groups in total. The molecule has 178 valence electrons. The van der Waals surface area contributed by atoms with E-state index in [0.29, 0.717) is 5.56 Å². The minimum atomic E-state index is -4.55. The van der Waals surface area contributed by atoms with Crippen LogP contribution in [0.5, 0.6) is 0 Å². The number of hydrogen-bond donors (Lipinski definition) is 0. The number of benzene rings is 2. The minimum absolute atomic E-state index is 0.0252. The molecule has 10 heteroatoms. The Bertz CT molecular complexity index is 1140. The summed E-state index contributed by atoms with van der Waals surface area (Å²) in [6, 6.07) is 8.74. The molecule has 0 atom stereocenters. The normalized spacial score (nSPS) is 15.5. The summed E-state index contributed by atoms with van der Waals surface area (Å²) in [6.45, 7) is 4.22. The fourth-order valence-electron chi connectivity index (χ4n) is 3.58. The zero-order chi connectivity index (χ0) is 24.4. The molecule has 2 aromatic carbocycles. The Morgan fingerprint density at radius 1 is 0.879 bits per heavy atom. The van der Waals surface area contributed by atoms with Crippen molar-refractivity contribution >= 4 is 21.7 Å². The second kappa shape index (κ2) is 9.64. The van der Waals surface area contributed by atoms with Gasteiger partial charge in [-0.3, -0.25) is 9.59 Å². The van der Waals surface area contributed by atoms with Gasteiger partial charge in [-0.05, 0) is 55.3 Å². The van der Waals surface area contributed by atoms with Crippen LogP contribution < -0.4 is 0 Å². The average molecular weight is 483 g/mol. The average Bonchev–Trinajstić information content (AvgIpc) is 2.78. The molecule has 1 aliphatic heterocycles. The van der Waals surface area contributed by atoms with Crippen LogP contribution in [0.25, 0.3) is 0 Å². The first-order valence-electron chi connectivity index (χ1n) is 10.5. The smallest absolute Gasteiger partial charge is 0.340 e. The van der Waals surface area contributed by atoms with Crippen molar-refractivity contribution in [2.24, 2.45) is 0 Å². The number of aryl methyl sites for hydroxylation is 2. The van der Waals surface area contributed by atoms with Crippen LogP contribution in [0.2, 0.25) is 0 Å². The largest absolute Gasteiger partial charge is 0.416 e. The van der Waals surface area contributed by atoms with E-state index in [2.05, 4.69) is 0 Å². The molecule has 1 fully saturated rings. The maximum absolute atomic E-state index is 12.7. The van der Waals surface area contributed by atoms with Crippen LogP contribution in [0.3, 0.4) is 0 Å². The third-order valence-electron chi connectivity index (χ3n) is 5.81. The molecular formula is C23H25F3N2O4S. The standard InChI is InChI=1S/C23H25F3N2O4S/c1-16-3-4-18(15-17(16)2)21(29)9-10-22(30)27-11-13-28(14-12-27)33(31,32)20-7-5-19(6-8-20)23(24,25)26/h3-8,15H,9-14H2,1-2H3. The Labute approximate surface area is 191 Å². The van der Waals surface area contributed by atoms with Gasteiger partial charge in [0.2, 0.25) is 15.9 Å². The first kappa shape index (κ1) is 24.9. The third-order valence-corrected chi connectivity index (χ3v) is 7.72. The van der Waals surface area contributed by atoms with Crippen molar-refractivity contribution in [3.05, 3.63) is 64.7 Å². The predicted octanol–water partition coefficient (Wildman–Crippen LogP) is 3.82. The van der Waals surface area contributed by atoms with Crippen LogP contribution in [0.1, 0.15) is 39.9 Å². The van der Waals surface area contributed by atoms with Gasteiger partial charge in [-0.2, -0.15) is 17.5 Å². The van der Waals surface area contributed by atoms with Gasteiger partial charge < -0.3 is 4.90 Å². The summed E-state index contributed by atoms with van der Waals surface area (Å²) in [7, 11) is -3.97. The lowest BCUT2D eigenvalue weighted by molar-refractivity contribution is -0.137. The fourth-order valence-corrected chi connectivity index (χ4v) is 5.00. The highest BCUT2D eigenvalue weighted by molar-refractivity contribution is 7.89. The molecule has 2 aromatic rings. The lowest BCUT2D eigenvalue weighted by Gasteiger charge is -2.34. The first-order chi connectivity index (χ1) is 15.4. The predicted molar refractivity (Wildman–Crippen MR) is 116 cm³/mol. The summed E-state index contributed by atoms with van der Waals surface area (Å²) in [6.07, 6.45) is -4.46. The number of nitrogens with zero attached hydrogens (tertiary/aromatic N) is 2. The molecule has 3 rings (SSSR count). The van der Waals surface area contributed by atoms with Crippen LogP contribution in [0.15, 0.2) is 47.4 Å². The summed E-state index contributed by atoms with van der Waals surface area (Å²) < 4.78 is 64.8. The van der Waals surface area contributed by atoms with E-state index in [1.165, 1.54) is 4.90 Å². The number of sulfonamides is 1. The summed E-state index contributed by atoms with van der Waals surface area (Å²) in [5.41, 5.74) is 1.70. The lowest BCUT2D eigenvalue weighted by atomic mass is 10.0. The van der Waals surface area contributed by atoms with Crippen molar-refractivity contribution in [1.82, 2.24) is 9.21 Å². The fraction of sp³-hybridized carbons (Fsp3) is 0.391. The quantitative estimate of drug-likeness (QED) is 0.587. The molecule has 1 amide bonds. The van der Waals surface area contributed by atoms with Crippen LogP contribution in [-0.2, 0) is 21.0 Å². The van der Waals surface area contributed by atoms with Crippen molar-refractivity contribution in [3.8, 4) is 0 Å². The van der Waals surface area contributed by atoms with E-state index in [1.807, 2.05) is 19.9 Å². The number of Topliss-reactive ketones (excluding diaryl/α,β-unsaturated/α-hetero) is 1. The zero-order valence-corrected chi connectivity index (χ0v) is 19.2. The molecular weight excluding hydrogens is 457 g/mol. The number of halogens is 3. The number of carbonyl (C=O) groups excluding carboxylic acids is 2. The van der Waals surface area contributed by atoms with Gasteiger partial charge in [0, 0.05) is 44.6 Å². The van der Waals surface area contributed by atoms with E-state index in [9.17, 15) is 31.2 Å². The van der Waals surface area contributed by atoms with E-state index in [4.69, 9.17) is 0 Å². The summed E-state index contributed by atoms with van der Waals surface area (Å²) in [5.74, 6) is -0.367. The molecule has 0 unspecified atom stereocenters. The van der Waals surface area contributed by atoms with E-state index >= 15 is 0 Å². The summed E-state index contributed by atoms with van der Waals surface area (Å²) in [4.78, 5) is 26.2. The monoisotopic (exact) mass is 482 g/mol. The van der Waals surface area contributed by atoms with Crippen molar-refractivity contribution in [2.75, 3.05) is 26.2 Å². The molecule has 1 aliphatic rings. The molecule has 0 spiro atoms. The molecule has 0 aliphatic carbocycles. The summed E-state index contributed by atoms with van der Waals surface area (Å²) in [5, 5.41) is 0. The van der Waals surface area contributed by atoms with Gasteiger partial charge in [0.15, 0.2) is 5.78 Å². The third kappa shape index (κ3) is 5.80. The molecule has 0 saturated carbocycles. The molecule has 0 radical (unpaired) electrons. The van der Waals surface area contributed by atoms with Gasteiger partial charge >= 0.3 is 6.18 Å². The van der Waals surface area contributed by atoms with Gasteiger partial charge in [-0.25, -0.2) is 8.42 Å². The van der Waals surface area contributed by atoms with Gasteiger partial charge in [-0.15, -0.1) is 0 Å². The SMILES string of the molecule is Cc1ccc(C(=O)CCC(=O)N2CCN(S(=O)(=O)c3ccc(C(F)(F)F)cc3)CC2)cc1C. The second-order valence-corrected chi connectivity index (χ2v) is 9.97. The topological polar surface area (TPSA) is 74.8 Å². The maximum Gasteiger partial charge on any atom is 0.416 e. The van der Waals surface area contributed by atoms with Crippen LogP contribution >= 0.6 is 0 Å². The molecule has 0 bridgehead atoms. The van der Waals surface area contributed by atoms with Crippen molar-refractivity contribution in [1.29, 1.82) is 0 Å². The minimum Gasteiger partial charge on any atom is -0.340 e. The van der Waals surface area contributed by atoms with Crippen LogP contribution in [0.4, 0.5) is 13.2 Å². The zero-order valence-electron chi connectivity index (χ0n) is 18.4. The number of piperazine rings is 1. The van der Waals surface area contributed by atoms with Crippen molar-refractivity contribution in [3.63, 3.8) is 0 Å². The van der Waals surface area contributed by atoms with Crippen LogP contribution in [0, 0.1) is 13.8 Å². The highest BCUT2D eigenvalue weighted by Gasteiger charge is 2.33. The number of carbonyl (C=O) groups is 2. The highest BCUT2D eigenvalue weighted by Crippen LogP contribution is 2.30. The van der Waals surface area contributed by atoms with Gasteiger partial charge in [0.05, 0.1) is 10.5 Å². The molecule has 33 heavy (non-hydrogen) atoms. The molecule has 0 aromatic heterocycles.